The highest BCUT2D eigenvalue weighted by molar-refractivity contribution is 6.10. The molecular formula is C48H43N5. The van der Waals surface area contributed by atoms with Crippen LogP contribution in [-0.2, 0) is 6.54 Å². The topological polar surface area (TPSA) is 44.9 Å². The number of aromatic nitrogens is 1. The van der Waals surface area contributed by atoms with E-state index in [9.17, 15) is 0 Å². The molecule has 0 spiro atoms. The van der Waals surface area contributed by atoms with Gasteiger partial charge in [0.1, 0.15) is 5.84 Å². The molecule has 0 fully saturated rings. The van der Waals surface area contributed by atoms with Crippen molar-refractivity contribution < 1.29 is 0 Å². The maximum absolute atomic E-state index is 5.25. The maximum Gasteiger partial charge on any atom is 0.231 e. The van der Waals surface area contributed by atoms with Crippen molar-refractivity contribution in [3.63, 3.8) is 0 Å². The number of aliphatic imine (C=N–C) groups is 2. The minimum Gasteiger partial charge on any atom is -0.373 e. The number of nitrogens with zero attached hydrogens (tertiary/aromatic N) is 4. The first-order chi connectivity index (χ1) is 26.1. The lowest BCUT2D eigenvalue weighted by Gasteiger charge is -2.28. The van der Waals surface area contributed by atoms with E-state index >= 15 is 0 Å². The maximum atomic E-state index is 5.25. The molecule has 0 radical (unpaired) electrons. The molecule has 0 bridgehead atoms. The number of nitrogens with one attached hydrogen (secondary N) is 1. The predicted molar refractivity (Wildman–Crippen MR) is 223 cm³/mol. The first-order valence-corrected chi connectivity index (χ1v) is 18.3. The van der Waals surface area contributed by atoms with Crippen LogP contribution in [0.1, 0.15) is 30.5 Å². The Morgan fingerprint density at radius 1 is 0.792 bits per heavy atom. The molecule has 8 rings (SSSR count). The van der Waals surface area contributed by atoms with Gasteiger partial charge in [0, 0.05) is 46.4 Å². The molecule has 53 heavy (non-hydrogen) atoms. The normalized spacial score (nSPS) is 17.8. The summed E-state index contributed by atoms with van der Waals surface area (Å²) in [5.74, 6) is 1.82. The summed E-state index contributed by atoms with van der Waals surface area (Å²) in [6.07, 6.45) is 11.0. The predicted octanol–water partition coefficient (Wildman–Crippen LogP) is 10.9. The molecule has 0 amide bonds. The Hall–Kier alpha value is -6.46. The minimum absolute atomic E-state index is 0.130. The van der Waals surface area contributed by atoms with E-state index < -0.39 is 0 Å². The largest absolute Gasteiger partial charge is 0.373 e. The van der Waals surface area contributed by atoms with Crippen molar-refractivity contribution >= 4 is 39.2 Å². The second kappa shape index (κ2) is 14.6. The second-order valence-corrected chi connectivity index (χ2v) is 13.6. The smallest absolute Gasteiger partial charge is 0.231 e. The van der Waals surface area contributed by atoms with Gasteiger partial charge in [-0.2, -0.15) is 4.99 Å². The standard InChI is InChI=1S/C48H43N5/c1-5-36(38-28-29-44-42(31-38)40-25-15-16-26-43(40)53(44)39-23-13-8-14-24-39)30-41-34(3)52(45-27-17-18-33(2)46(41)45)48(50-32-35-19-9-6-10-20-35)51-47(49-4)37-21-11-7-12-22-37/h5-31,33,46H,1,32H2,2-4H3,(H,49,50,51). The average Bonchev–Trinajstić information content (AvgIpc) is 3.69. The number of hydrogen-bond acceptors (Lipinski definition) is 1. The summed E-state index contributed by atoms with van der Waals surface area (Å²) >= 11 is 0. The fraction of sp³-hybridized carbons (Fsp3) is 0.125. The Kier molecular flexibility index (Phi) is 9.30. The summed E-state index contributed by atoms with van der Waals surface area (Å²) in [5.41, 5.74) is 11.4. The van der Waals surface area contributed by atoms with Crippen molar-refractivity contribution in [2.75, 3.05) is 7.05 Å². The third-order valence-electron chi connectivity index (χ3n) is 10.4. The van der Waals surface area contributed by atoms with E-state index in [1.807, 2.05) is 37.4 Å². The molecule has 0 saturated carbocycles. The highest BCUT2D eigenvalue weighted by atomic mass is 15.3. The van der Waals surface area contributed by atoms with E-state index in [0.29, 0.717) is 12.5 Å². The van der Waals surface area contributed by atoms with Gasteiger partial charge in [0.2, 0.25) is 5.96 Å². The number of guanidine groups is 1. The van der Waals surface area contributed by atoms with Crippen LogP contribution in [0.2, 0.25) is 0 Å². The highest BCUT2D eigenvalue weighted by Gasteiger charge is 2.39. The summed E-state index contributed by atoms with van der Waals surface area (Å²) in [4.78, 5) is 12.7. The lowest BCUT2D eigenvalue weighted by Crippen LogP contribution is -2.31. The molecular weight excluding hydrogens is 647 g/mol. The number of amidine groups is 1. The number of fused-ring (bicyclic) bond motifs is 4. The Morgan fingerprint density at radius 2 is 1.47 bits per heavy atom. The highest BCUT2D eigenvalue weighted by Crippen LogP contribution is 2.46. The van der Waals surface area contributed by atoms with Crippen LogP contribution in [0.25, 0.3) is 33.1 Å². The monoisotopic (exact) mass is 689 g/mol. The first kappa shape index (κ1) is 33.7. The van der Waals surface area contributed by atoms with E-state index in [4.69, 9.17) is 9.98 Å². The van der Waals surface area contributed by atoms with Crippen molar-refractivity contribution in [2.45, 2.75) is 20.4 Å². The van der Waals surface area contributed by atoms with Crippen LogP contribution in [0.15, 0.2) is 197 Å². The molecule has 1 aliphatic heterocycles. The van der Waals surface area contributed by atoms with Crippen LogP contribution in [0.4, 0.5) is 0 Å². The van der Waals surface area contributed by atoms with Crippen LogP contribution in [-0.4, -0.2) is 28.3 Å². The van der Waals surface area contributed by atoms with Gasteiger partial charge in [-0.25, -0.2) is 4.99 Å². The molecule has 1 aromatic heterocycles. The molecule has 1 aliphatic carbocycles. The number of allylic oxidation sites excluding steroid dienone is 8. The van der Waals surface area contributed by atoms with Gasteiger partial charge < -0.3 is 9.88 Å². The van der Waals surface area contributed by atoms with E-state index in [2.05, 4.69) is 169 Å². The third kappa shape index (κ3) is 6.36. The molecule has 2 unspecified atom stereocenters. The van der Waals surface area contributed by atoms with Crippen molar-refractivity contribution in [2.24, 2.45) is 21.8 Å². The molecule has 6 aromatic rings. The van der Waals surface area contributed by atoms with Crippen molar-refractivity contribution in [3.8, 4) is 5.69 Å². The minimum atomic E-state index is 0.130. The number of rotatable bonds is 7. The molecule has 2 heterocycles. The zero-order chi connectivity index (χ0) is 36.3. The molecule has 2 aliphatic rings. The Balaban J connectivity index is 1.27. The molecule has 5 nitrogen and oxygen atoms in total. The molecule has 1 N–H and O–H groups in total. The van der Waals surface area contributed by atoms with Crippen LogP contribution in [0, 0.1) is 11.8 Å². The van der Waals surface area contributed by atoms with Gasteiger partial charge in [0.25, 0.3) is 0 Å². The van der Waals surface area contributed by atoms with Crippen molar-refractivity contribution in [1.82, 2.24) is 14.8 Å². The third-order valence-corrected chi connectivity index (χ3v) is 10.4. The van der Waals surface area contributed by atoms with Crippen LogP contribution >= 0.6 is 0 Å². The van der Waals surface area contributed by atoms with E-state index in [1.54, 1.807) is 0 Å². The van der Waals surface area contributed by atoms with Crippen LogP contribution < -0.4 is 5.32 Å². The Labute approximate surface area is 312 Å². The lowest BCUT2D eigenvalue weighted by molar-refractivity contribution is 0.504. The van der Waals surface area contributed by atoms with Crippen molar-refractivity contribution in [1.29, 1.82) is 0 Å². The van der Waals surface area contributed by atoms with E-state index in [1.165, 1.54) is 33.1 Å². The van der Waals surface area contributed by atoms with Gasteiger partial charge in [-0.3, -0.25) is 4.90 Å². The van der Waals surface area contributed by atoms with Crippen LogP contribution in [0.3, 0.4) is 0 Å². The lowest BCUT2D eigenvalue weighted by atomic mass is 9.82. The molecule has 5 heteroatoms. The zero-order valence-electron chi connectivity index (χ0n) is 30.4. The zero-order valence-corrected chi connectivity index (χ0v) is 30.4. The van der Waals surface area contributed by atoms with Gasteiger partial charge in [0.05, 0.1) is 17.6 Å². The Bertz CT molecular complexity index is 2490. The quantitative estimate of drug-likeness (QED) is 0.103. The molecule has 2 atom stereocenters. The van der Waals surface area contributed by atoms with Crippen LogP contribution in [0.5, 0.6) is 0 Å². The summed E-state index contributed by atoms with van der Waals surface area (Å²) in [7, 11) is 1.92. The molecule has 0 saturated heterocycles. The SMILES string of the molecule is C=CC(=CC1=C(C)N(C(N=C(NC)c2ccccc2)=NCc2ccccc2)C2=CC=CC(C)C21)c1ccc2c(c1)c1ccccc1n2-c1ccccc1. The second-order valence-electron chi connectivity index (χ2n) is 13.6. The Morgan fingerprint density at radius 3 is 2.21 bits per heavy atom. The van der Waals surface area contributed by atoms with Gasteiger partial charge in [-0.15, -0.1) is 0 Å². The van der Waals surface area contributed by atoms with Crippen molar-refractivity contribution in [3.05, 3.63) is 204 Å². The summed E-state index contributed by atoms with van der Waals surface area (Å²) in [6, 6.07) is 46.7. The molecule has 5 aromatic carbocycles. The van der Waals surface area contributed by atoms with E-state index in [-0.39, 0.29) is 11.8 Å². The van der Waals surface area contributed by atoms with Gasteiger partial charge in [-0.05, 0) is 77.6 Å². The summed E-state index contributed by atoms with van der Waals surface area (Å²) in [6.45, 7) is 9.34. The summed E-state index contributed by atoms with van der Waals surface area (Å²) < 4.78 is 2.35. The van der Waals surface area contributed by atoms with E-state index in [0.717, 1.165) is 39.5 Å². The number of hydrogen-bond donors (Lipinski definition) is 1. The van der Waals surface area contributed by atoms with Gasteiger partial charge >= 0.3 is 0 Å². The fourth-order valence-corrected chi connectivity index (χ4v) is 7.77. The number of benzene rings is 5. The average molecular weight is 690 g/mol. The number of para-hydroxylation sites is 2. The fourth-order valence-electron chi connectivity index (χ4n) is 7.77. The van der Waals surface area contributed by atoms with Gasteiger partial charge in [0.15, 0.2) is 0 Å². The van der Waals surface area contributed by atoms with Gasteiger partial charge in [-0.1, -0.05) is 135 Å². The summed E-state index contributed by atoms with van der Waals surface area (Å²) in [5, 5.41) is 5.79. The first-order valence-electron chi connectivity index (χ1n) is 18.3. The molecule has 260 valence electrons.